The van der Waals surface area contributed by atoms with Crippen molar-refractivity contribution in [2.75, 3.05) is 45.6 Å². The Bertz CT molecular complexity index is 909. The number of aromatic nitrogens is 3. The van der Waals surface area contributed by atoms with Gasteiger partial charge in [-0.3, -0.25) is 9.20 Å². The van der Waals surface area contributed by atoms with Crippen LogP contribution < -0.4 is 5.32 Å². The Hall–Kier alpha value is -2.45. The van der Waals surface area contributed by atoms with Gasteiger partial charge in [-0.15, -0.1) is 11.3 Å². The van der Waals surface area contributed by atoms with Gasteiger partial charge in [0.2, 0.25) is 0 Å². The van der Waals surface area contributed by atoms with Crippen LogP contribution in [0, 0.1) is 0 Å². The summed E-state index contributed by atoms with van der Waals surface area (Å²) in [6.45, 7) is 3.43. The van der Waals surface area contributed by atoms with Crippen molar-refractivity contribution in [3.05, 3.63) is 35.6 Å². The number of likely N-dealkylation sites (N-methyl/N-ethyl adjacent to an activating group) is 1. The summed E-state index contributed by atoms with van der Waals surface area (Å²) in [5.41, 5.74) is 1.75. The van der Waals surface area contributed by atoms with Crippen molar-refractivity contribution in [2.45, 2.75) is 0 Å². The first-order valence-corrected chi connectivity index (χ1v) is 9.07. The quantitative estimate of drug-likeness (QED) is 0.776. The van der Waals surface area contributed by atoms with Gasteiger partial charge in [0.1, 0.15) is 0 Å². The monoisotopic (exact) mass is 356 g/mol. The van der Waals surface area contributed by atoms with Crippen LogP contribution in [0.1, 0.15) is 9.67 Å². The van der Waals surface area contributed by atoms with Crippen LogP contribution in [0.3, 0.4) is 0 Å². The lowest BCUT2D eigenvalue weighted by molar-refractivity contribution is 0.0669. The number of hydrogen-bond acceptors (Lipinski definition) is 6. The lowest BCUT2D eigenvalue weighted by Crippen LogP contribution is -2.46. The highest BCUT2D eigenvalue weighted by molar-refractivity contribution is 7.17. The summed E-state index contributed by atoms with van der Waals surface area (Å²) in [5, 5.41) is 3.05. The van der Waals surface area contributed by atoms with E-state index in [1.807, 2.05) is 40.9 Å². The van der Waals surface area contributed by atoms with Crippen molar-refractivity contribution in [1.29, 1.82) is 0 Å². The molecule has 0 atom stereocenters. The Labute approximate surface area is 149 Å². The highest BCUT2D eigenvalue weighted by Crippen LogP contribution is 2.30. The zero-order valence-electron chi connectivity index (χ0n) is 14.3. The maximum atomic E-state index is 12.7. The van der Waals surface area contributed by atoms with Crippen LogP contribution in [-0.2, 0) is 0 Å². The first-order chi connectivity index (χ1) is 12.2. The molecular formula is C17H20N6OS. The molecular weight excluding hydrogens is 336 g/mol. The number of piperazine rings is 1. The van der Waals surface area contributed by atoms with Crippen molar-refractivity contribution >= 4 is 28.7 Å². The van der Waals surface area contributed by atoms with E-state index in [9.17, 15) is 4.79 Å². The van der Waals surface area contributed by atoms with E-state index < -0.39 is 0 Å². The van der Waals surface area contributed by atoms with E-state index in [-0.39, 0.29) is 5.91 Å². The topological polar surface area (TPSA) is 65.8 Å². The highest BCUT2D eigenvalue weighted by Gasteiger charge is 2.22. The number of nitrogens with zero attached hydrogens (tertiary/aromatic N) is 5. The van der Waals surface area contributed by atoms with Crippen LogP contribution in [0.5, 0.6) is 0 Å². The smallest absolute Gasteiger partial charge is 0.264 e. The summed E-state index contributed by atoms with van der Waals surface area (Å²) in [6.07, 6.45) is 5.46. The number of anilines is 1. The van der Waals surface area contributed by atoms with Gasteiger partial charge < -0.3 is 15.1 Å². The maximum absolute atomic E-state index is 12.7. The number of amides is 1. The number of carbonyl (C=O) groups excluding carboxylic acids is 1. The predicted molar refractivity (Wildman–Crippen MR) is 99.2 cm³/mol. The Balaban J connectivity index is 1.62. The minimum absolute atomic E-state index is 0.121. The number of fused-ring (bicyclic) bond motifs is 1. The summed E-state index contributed by atoms with van der Waals surface area (Å²) in [5.74, 6) is 0.856. The molecule has 1 aliphatic heterocycles. The lowest BCUT2D eigenvalue weighted by Gasteiger charge is -2.32. The fourth-order valence-corrected chi connectivity index (χ4v) is 4.01. The van der Waals surface area contributed by atoms with Gasteiger partial charge in [-0.2, -0.15) is 0 Å². The second-order valence-corrected chi connectivity index (χ2v) is 7.21. The fourth-order valence-electron chi connectivity index (χ4n) is 3.03. The van der Waals surface area contributed by atoms with Crippen molar-refractivity contribution in [1.82, 2.24) is 24.2 Å². The number of nitrogens with one attached hydrogen (secondary N) is 1. The molecule has 0 aliphatic carbocycles. The summed E-state index contributed by atoms with van der Waals surface area (Å²) < 4.78 is 1.99. The average Bonchev–Trinajstić information content (AvgIpc) is 3.28. The molecule has 130 valence electrons. The van der Waals surface area contributed by atoms with Crippen molar-refractivity contribution in [2.24, 2.45) is 0 Å². The van der Waals surface area contributed by atoms with Crippen molar-refractivity contribution in [3.63, 3.8) is 0 Å². The largest absolute Gasteiger partial charge is 0.370 e. The molecule has 1 N–H and O–H groups in total. The van der Waals surface area contributed by atoms with Crippen molar-refractivity contribution in [3.8, 4) is 10.6 Å². The van der Waals surface area contributed by atoms with E-state index >= 15 is 0 Å². The molecule has 7 nitrogen and oxygen atoms in total. The summed E-state index contributed by atoms with van der Waals surface area (Å²) in [4.78, 5) is 27.5. The molecule has 0 spiro atoms. The lowest BCUT2D eigenvalue weighted by atomic mass is 10.3. The predicted octanol–water partition coefficient (Wildman–Crippen LogP) is 1.89. The number of carbonyl (C=O) groups is 1. The molecule has 1 saturated heterocycles. The second kappa shape index (κ2) is 6.45. The van der Waals surface area contributed by atoms with E-state index in [0.717, 1.165) is 53.1 Å². The zero-order valence-corrected chi connectivity index (χ0v) is 15.1. The molecule has 25 heavy (non-hydrogen) atoms. The fraction of sp³-hybridized carbons (Fsp3) is 0.353. The molecule has 1 fully saturated rings. The molecule has 3 aromatic rings. The molecule has 0 aromatic carbocycles. The van der Waals surface area contributed by atoms with Gasteiger partial charge in [0.15, 0.2) is 11.5 Å². The van der Waals surface area contributed by atoms with Crippen LogP contribution in [0.15, 0.2) is 30.7 Å². The molecule has 0 saturated carbocycles. The summed E-state index contributed by atoms with van der Waals surface area (Å²) >= 11 is 1.51. The van der Waals surface area contributed by atoms with Crippen LogP contribution >= 0.6 is 11.3 Å². The van der Waals surface area contributed by atoms with E-state index in [4.69, 9.17) is 0 Å². The maximum Gasteiger partial charge on any atom is 0.264 e. The van der Waals surface area contributed by atoms with Gasteiger partial charge in [0.05, 0.1) is 21.6 Å². The molecule has 4 heterocycles. The van der Waals surface area contributed by atoms with Gasteiger partial charge in [-0.1, -0.05) is 0 Å². The minimum atomic E-state index is 0.121. The Morgan fingerprint density at radius 1 is 1.20 bits per heavy atom. The van der Waals surface area contributed by atoms with E-state index in [2.05, 4.69) is 27.2 Å². The molecule has 1 amide bonds. The Morgan fingerprint density at radius 2 is 2.00 bits per heavy atom. The third kappa shape index (κ3) is 2.87. The van der Waals surface area contributed by atoms with Gasteiger partial charge in [0, 0.05) is 45.6 Å². The van der Waals surface area contributed by atoms with E-state index in [0.29, 0.717) is 0 Å². The molecule has 0 bridgehead atoms. The third-order valence-electron chi connectivity index (χ3n) is 4.52. The molecule has 8 heteroatoms. The standard InChI is InChI=1S/C17H20N6OS/c1-18-15-16-20-11-12(23(16)6-5-19-15)13-3-4-14(25-13)17(24)22-9-7-21(2)8-10-22/h3-6,11H,7-10H2,1-2H3,(H,18,19). The minimum Gasteiger partial charge on any atom is -0.370 e. The van der Waals surface area contributed by atoms with Crippen LogP contribution in [-0.4, -0.2) is 70.4 Å². The molecule has 0 radical (unpaired) electrons. The first-order valence-electron chi connectivity index (χ1n) is 8.25. The third-order valence-corrected chi connectivity index (χ3v) is 5.62. The number of rotatable bonds is 3. The van der Waals surface area contributed by atoms with Crippen LogP contribution in [0.4, 0.5) is 5.82 Å². The summed E-state index contributed by atoms with van der Waals surface area (Å²) in [6, 6.07) is 3.91. The Morgan fingerprint density at radius 3 is 2.76 bits per heavy atom. The van der Waals surface area contributed by atoms with Gasteiger partial charge in [-0.25, -0.2) is 9.97 Å². The van der Waals surface area contributed by atoms with Crippen LogP contribution in [0.2, 0.25) is 0 Å². The molecule has 1 aliphatic rings. The Kier molecular flexibility index (Phi) is 4.14. The second-order valence-electron chi connectivity index (χ2n) is 6.12. The zero-order chi connectivity index (χ0) is 17.4. The normalized spacial score (nSPS) is 15.7. The molecule has 0 unspecified atom stereocenters. The highest BCUT2D eigenvalue weighted by atomic mass is 32.1. The molecule has 3 aromatic heterocycles. The first kappa shape index (κ1) is 16.0. The van der Waals surface area contributed by atoms with Crippen LogP contribution in [0.25, 0.3) is 16.2 Å². The van der Waals surface area contributed by atoms with E-state index in [1.165, 1.54) is 11.3 Å². The van der Waals surface area contributed by atoms with Gasteiger partial charge in [0.25, 0.3) is 5.91 Å². The SMILES string of the molecule is CNc1nccn2c(-c3ccc(C(=O)N4CCN(C)CC4)s3)cnc12. The number of hydrogen-bond donors (Lipinski definition) is 1. The van der Waals surface area contributed by atoms with Crippen molar-refractivity contribution < 1.29 is 4.79 Å². The van der Waals surface area contributed by atoms with Gasteiger partial charge >= 0.3 is 0 Å². The molecule has 4 rings (SSSR count). The number of thiophene rings is 1. The number of imidazole rings is 1. The van der Waals surface area contributed by atoms with E-state index in [1.54, 1.807) is 6.20 Å². The van der Waals surface area contributed by atoms with Gasteiger partial charge in [-0.05, 0) is 19.2 Å². The average molecular weight is 356 g/mol. The summed E-state index contributed by atoms with van der Waals surface area (Å²) in [7, 11) is 3.92.